The Morgan fingerprint density at radius 2 is 2.06 bits per heavy atom. The van der Waals surface area contributed by atoms with E-state index in [2.05, 4.69) is 0 Å². The van der Waals surface area contributed by atoms with Crippen LogP contribution < -0.4 is 0 Å². The van der Waals surface area contributed by atoms with Gasteiger partial charge in [0.2, 0.25) is 0 Å². The number of hydrogen-bond acceptors (Lipinski definition) is 3. The zero-order valence-corrected chi connectivity index (χ0v) is 8.79. The molecule has 0 heterocycles. The van der Waals surface area contributed by atoms with Crippen LogP contribution in [0.3, 0.4) is 0 Å². The fourth-order valence-electron chi connectivity index (χ4n) is 1.22. The van der Waals surface area contributed by atoms with Gasteiger partial charge in [-0.15, -0.1) is 0 Å². The Morgan fingerprint density at radius 1 is 1.50 bits per heavy atom. The molecule has 0 aliphatic carbocycles. The zero-order valence-electron chi connectivity index (χ0n) is 8.04. The van der Waals surface area contributed by atoms with Crippen LogP contribution in [0.2, 0.25) is 5.02 Å². The number of nitrogens with zero attached hydrogens (tertiary/aromatic N) is 1. The van der Waals surface area contributed by atoms with Gasteiger partial charge in [0.15, 0.2) is 5.78 Å². The Morgan fingerprint density at radius 3 is 2.44 bits per heavy atom. The molecule has 0 spiro atoms. The van der Waals surface area contributed by atoms with E-state index < -0.39 is 33.4 Å². The standard InChI is InChI=1S/C9H6ClF2NO3/c1-4(14)5-2-3-6(13(15)16)7(8(5)10)9(11)12/h2-3,9H,1H3. The molecule has 0 amide bonds. The molecule has 0 aromatic heterocycles. The van der Waals surface area contributed by atoms with Crippen molar-refractivity contribution in [1.29, 1.82) is 0 Å². The molecule has 0 fully saturated rings. The summed E-state index contributed by atoms with van der Waals surface area (Å²) in [6.45, 7) is 1.14. The van der Waals surface area contributed by atoms with Crippen LogP contribution in [0.5, 0.6) is 0 Å². The number of ketones is 1. The van der Waals surface area contributed by atoms with Gasteiger partial charge in [-0.05, 0) is 13.0 Å². The third-order valence-corrected chi connectivity index (χ3v) is 2.36. The Hall–Kier alpha value is -1.56. The van der Waals surface area contributed by atoms with Crippen LogP contribution in [0.1, 0.15) is 29.3 Å². The molecule has 0 unspecified atom stereocenters. The summed E-state index contributed by atoms with van der Waals surface area (Å²) in [5, 5.41) is 9.93. The number of nitro groups is 1. The smallest absolute Gasteiger partial charge is 0.279 e. The highest BCUT2D eigenvalue weighted by atomic mass is 35.5. The maximum absolute atomic E-state index is 12.6. The van der Waals surface area contributed by atoms with Crippen molar-refractivity contribution in [2.24, 2.45) is 0 Å². The van der Waals surface area contributed by atoms with Gasteiger partial charge in [-0.2, -0.15) is 0 Å². The minimum atomic E-state index is -3.10. The van der Waals surface area contributed by atoms with Crippen molar-refractivity contribution >= 4 is 23.1 Å². The number of alkyl halides is 2. The fraction of sp³-hybridized carbons (Fsp3) is 0.222. The van der Waals surface area contributed by atoms with E-state index in [1.165, 1.54) is 0 Å². The topological polar surface area (TPSA) is 60.2 Å². The average molecular weight is 250 g/mol. The van der Waals surface area contributed by atoms with Gasteiger partial charge in [0.1, 0.15) is 5.56 Å². The van der Waals surface area contributed by atoms with Crippen molar-refractivity contribution in [2.45, 2.75) is 13.3 Å². The van der Waals surface area contributed by atoms with E-state index in [0.717, 1.165) is 19.1 Å². The largest absolute Gasteiger partial charge is 0.294 e. The number of Topliss-reactive ketones (excluding diaryl/α,β-unsaturated/α-hetero) is 1. The summed E-state index contributed by atoms with van der Waals surface area (Å²) >= 11 is 5.54. The first-order chi connectivity index (χ1) is 7.36. The van der Waals surface area contributed by atoms with Crippen molar-refractivity contribution in [1.82, 2.24) is 0 Å². The van der Waals surface area contributed by atoms with Gasteiger partial charge in [0, 0.05) is 11.6 Å². The lowest BCUT2D eigenvalue weighted by Gasteiger charge is -2.07. The summed E-state index contributed by atoms with van der Waals surface area (Å²) in [4.78, 5) is 20.6. The van der Waals surface area contributed by atoms with E-state index in [0.29, 0.717) is 0 Å². The van der Waals surface area contributed by atoms with Crippen LogP contribution in [-0.2, 0) is 0 Å². The van der Waals surface area contributed by atoms with E-state index in [1.807, 2.05) is 0 Å². The molecule has 0 N–H and O–H groups in total. The number of nitro benzene ring substituents is 1. The molecule has 0 saturated carbocycles. The van der Waals surface area contributed by atoms with Crippen LogP contribution >= 0.6 is 11.6 Å². The first-order valence-corrected chi connectivity index (χ1v) is 4.50. The van der Waals surface area contributed by atoms with Crippen LogP contribution in [0.15, 0.2) is 12.1 Å². The number of hydrogen-bond donors (Lipinski definition) is 0. The summed E-state index contributed by atoms with van der Waals surface area (Å²) in [7, 11) is 0. The average Bonchev–Trinajstić information content (AvgIpc) is 2.15. The van der Waals surface area contributed by atoms with Crippen LogP contribution in [0, 0.1) is 10.1 Å². The summed E-state index contributed by atoms with van der Waals surface area (Å²) in [5.41, 5.74) is -1.85. The Balaban J connectivity index is 3.54. The molecular formula is C9H6ClF2NO3. The van der Waals surface area contributed by atoms with Crippen molar-refractivity contribution in [3.63, 3.8) is 0 Å². The first-order valence-electron chi connectivity index (χ1n) is 4.12. The molecule has 86 valence electrons. The summed E-state index contributed by atoms with van der Waals surface area (Å²) in [6.07, 6.45) is -3.10. The van der Waals surface area contributed by atoms with E-state index in [1.54, 1.807) is 0 Å². The second-order valence-electron chi connectivity index (χ2n) is 2.97. The van der Waals surface area contributed by atoms with Crippen molar-refractivity contribution in [3.05, 3.63) is 38.4 Å². The monoisotopic (exact) mass is 249 g/mol. The minimum absolute atomic E-state index is 0.150. The first kappa shape index (κ1) is 12.5. The molecule has 1 aromatic rings. The molecule has 16 heavy (non-hydrogen) atoms. The number of carbonyl (C=O) groups is 1. The highest BCUT2D eigenvalue weighted by Gasteiger charge is 2.27. The normalized spacial score (nSPS) is 10.6. The second kappa shape index (κ2) is 4.52. The maximum Gasteiger partial charge on any atom is 0.279 e. The molecule has 0 bridgehead atoms. The number of benzene rings is 1. The van der Waals surface area contributed by atoms with E-state index >= 15 is 0 Å². The molecule has 0 aliphatic heterocycles. The Bertz CT molecular complexity index is 462. The third kappa shape index (κ3) is 2.16. The number of halogens is 3. The summed E-state index contributed by atoms with van der Waals surface area (Å²) < 4.78 is 25.2. The second-order valence-corrected chi connectivity index (χ2v) is 3.35. The summed E-state index contributed by atoms with van der Waals surface area (Å²) in [5.74, 6) is -0.526. The van der Waals surface area contributed by atoms with Crippen molar-refractivity contribution in [2.75, 3.05) is 0 Å². The minimum Gasteiger partial charge on any atom is -0.294 e. The predicted molar refractivity (Wildman–Crippen MR) is 53.1 cm³/mol. The number of carbonyl (C=O) groups excluding carboxylic acids is 1. The molecule has 0 aliphatic rings. The van der Waals surface area contributed by atoms with Gasteiger partial charge in [0.05, 0.1) is 9.95 Å². The Kier molecular flexibility index (Phi) is 3.54. The maximum atomic E-state index is 12.6. The van der Waals surface area contributed by atoms with Gasteiger partial charge in [0.25, 0.3) is 12.1 Å². The molecule has 0 saturated heterocycles. The zero-order chi connectivity index (χ0) is 12.5. The highest BCUT2D eigenvalue weighted by molar-refractivity contribution is 6.35. The van der Waals surface area contributed by atoms with Gasteiger partial charge in [-0.3, -0.25) is 14.9 Å². The van der Waals surface area contributed by atoms with E-state index in [-0.39, 0.29) is 5.56 Å². The van der Waals surface area contributed by atoms with E-state index in [4.69, 9.17) is 11.6 Å². The van der Waals surface area contributed by atoms with E-state index in [9.17, 15) is 23.7 Å². The van der Waals surface area contributed by atoms with Crippen LogP contribution in [-0.4, -0.2) is 10.7 Å². The lowest BCUT2D eigenvalue weighted by atomic mass is 10.1. The molecule has 1 aromatic carbocycles. The third-order valence-electron chi connectivity index (χ3n) is 1.95. The van der Waals surface area contributed by atoms with Crippen molar-refractivity contribution < 1.29 is 18.5 Å². The lowest BCUT2D eigenvalue weighted by Crippen LogP contribution is -2.02. The lowest BCUT2D eigenvalue weighted by molar-refractivity contribution is -0.386. The molecular weight excluding hydrogens is 244 g/mol. The highest BCUT2D eigenvalue weighted by Crippen LogP contribution is 2.37. The van der Waals surface area contributed by atoms with Gasteiger partial charge in [-0.1, -0.05) is 11.6 Å². The van der Waals surface area contributed by atoms with Gasteiger partial charge < -0.3 is 0 Å². The molecule has 4 nitrogen and oxygen atoms in total. The SMILES string of the molecule is CC(=O)c1ccc([N+](=O)[O-])c(C(F)F)c1Cl. The van der Waals surface area contributed by atoms with Crippen LogP contribution in [0.4, 0.5) is 14.5 Å². The quantitative estimate of drug-likeness (QED) is 0.469. The summed E-state index contributed by atoms with van der Waals surface area (Å²) in [6, 6.07) is 1.92. The van der Waals surface area contributed by atoms with Crippen molar-refractivity contribution in [3.8, 4) is 0 Å². The molecule has 7 heteroatoms. The molecule has 0 atom stereocenters. The van der Waals surface area contributed by atoms with Gasteiger partial charge >= 0.3 is 0 Å². The molecule has 1 rings (SSSR count). The predicted octanol–water partition coefficient (Wildman–Crippen LogP) is 3.39. The fourth-order valence-corrected chi connectivity index (χ4v) is 1.60. The number of rotatable bonds is 3. The van der Waals surface area contributed by atoms with Crippen LogP contribution in [0.25, 0.3) is 0 Å². The van der Waals surface area contributed by atoms with Gasteiger partial charge in [-0.25, -0.2) is 8.78 Å². The molecule has 0 radical (unpaired) electrons. The Labute approximate surface area is 94.0 Å².